The van der Waals surface area contributed by atoms with Crippen LogP contribution >= 0.6 is 0 Å². The van der Waals surface area contributed by atoms with Gasteiger partial charge in [-0.15, -0.1) is 0 Å². The molecule has 0 aromatic rings. The predicted octanol–water partition coefficient (Wildman–Crippen LogP) is 23.4. The summed E-state index contributed by atoms with van der Waals surface area (Å²) >= 11 is 0. The van der Waals surface area contributed by atoms with E-state index in [0.717, 1.165) is 154 Å². The third-order valence-corrected chi connectivity index (χ3v) is 13.7. The van der Waals surface area contributed by atoms with Gasteiger partial charge in [0.1, 0.15) is 13.2 Å². The van der Waals surface area contributed by atoms with Crippen molar-refractivity contribution in [2.24, 2.45) is 0 Å². The van der Waals surface area contributed by atoms with Gasteiger partial charge in [-0.25, -0.2) is 0 Å². The van der Waals surface area contributed by atoms with Crippen LogP contribution in [0.5, 0.6) is 0 Å². The van der Waals surface area contributed by atoms with Gasteiger partial charge in [0, 0.05) is 19.3 Å². The second-order valence-electron chi connectivity index (χ2n) is 21.6. The second-order valence-corrected chi connectivity index (χ2v) is 21.6. The fraction of sp³-hybridized carbons (Fsp3) is 0.597. The smallest absolute Gasteiger partial charge is 0.306 e. The predicted molar refractivity (Wildman–Crippen MR) is 361 cm³/mol. The lowest BCUT2D eigenvalue weighted by Crippen LogP contribution is -2.30. The van der Waals surface area contributed by atoms with Crippen LogP contribution in [0, 0.1) is 0 Å². The molecule has 0 rings (SSSR count). The van der Waals surface area contributed by atoms with Gasteiger partial charge in [-0.05, 0) is 154 Å². The summed E-state index contributed by atoms with van der Waals surface area (Å²) < 4.78 is 16.9. The fourth-order valence-electron chi connectivity index (χ4n) is 8.71. The molecule has 466 valence electrons. The van der Waals surface area contributed by atoms with E-state index in [1.54, 1.807) is 0 Å². The van der Waals surface area contributed by atoms with Crippen LogP contribution in [-0.2, 0) is 28.6 Å². The SMILES string of the molecule is CC/C=C\C/C=C\C/C=C\C/C=C\C/C=C\C/C=C\CCCCC(=O)OC(COC(=O)CCCCCCCC/C=C\C/C=C\C/C=C\CCCCC)COC(=O)CCCCCCCCCCC/C=C\C/C=C\C/C=C\C/C=C\C/C=C\CC. The quantitative estimate of drug-likeness (QED) is 0.0261. The average molecular weight is 1140 g/mol. The van der Waals surface area contributed by atoms with Crippen LogP contribution in [0.15, 0.2) is 170 Å². The first-order valence-electron chi connectivity index (χ1n) is 33.6. The molecular weight excluding hydrogens is 1020 g/mol. The monoisotopic (exact) mass is 1140 g/mol. The van der Waals surface area contributed by atoms with E-state index in [1.807, 2.05) is 0 Å². The maximum Gasteiger partial charge on any atom is 0.306 e. The number of carbonyl (C=O) groups excluding carboxylic acids is 3. The van der Waals surface area contributed by atoms with Gasteiger partial charge in [0.15, 0.2) is 6.10 Å². The van der Waals surface area contributed by atoms with Crippen LogP contribution in [0.2, 0.25) is 0 Å². The Morgan fingerprint density at radius 3 is 0.759 bits per heavy atom. The van der Waals surface area contributed by atoms with Crippen LogP contribution in [0.1, 0.15) is 278 Å². The van der Waals surface area contributed by atoms with Crippen LogP contribution in [-0.4, -0.2) is 37.2 Å². The fourth-order valence-corrected chi connectivity index (χ4v) is 8.71. The highest BCUT2D eigenvalue weighted by Crippen LogP contribution is 2.14. The molecule has 0 aliphatic heterocycles. The highest BCUT2D eigenvalue weighted by Gasteiger charge is 2.19. The Morgan fingerprint density at radius 2 is 0.470 bits per heavy atom. The Morgan fingerprint density at radius 1 is 0.253 bits per heavy atom. The number of allylic oxidation sites excluding steroid dienone is 28. The number of hydrogen-bond donors (Lipinski definition) is 0. The van der Waals surface area contributed by atoms with Gasteiger partial charge < -0.3 is 14.2 Å². The largest absolute Gasteiger partial charge is 0.462 e. The lowest BCUT2D eigenvalue weighted by atomic mass is 10.1. The first-order valence-corrected chi connectivity index (χ1v) is 33.6. The first-order chi connectivity index (χ1) is 41.0. The molecular formula is C77H122O6. The van der Waals surface area contributed by atoms with E-state index in [0.29, 0.717) is 19.3 Å². The third kappa shape index (κ3) is 67.4. The van der Waals surface area contributed by atoms with Gasteiger partial charge in [0.25, 0.3) is 0 Å². The van der Waals surface area contributed by atoms with Crippen LogP contribution in [0.4, 0.5) is 0 Å². The molecule has 0 saturated carbocycles. The van der Waals surface area contributed by atoms with Gasteiger partial charge >= 0.3 is 17.9 Å². The van der Waals surface area contributed by atoms with E-state index in [1.165, 1.54) is 77.0 Å². The van der Waals surface area contributed by atoms with Crippen LogP contribution in [0.25, 0.3) is 0 Å². The Balaban J connectivity index is 4.52. The van der Waals surface area contributed by atoms with Crippen molar-refractivity contribution in [3.05, 3.63) is 170 Å². The van der Waals surface area contributed by atoms with E-state index in [4.69, 9.17) is 14.2 Å². The van der Waals surface area contributed by atoms with E-state index in [2.05, 4.69) is 191 Å². The highest BCUT2D eigenvalue weighted by molar-refractivity contribution is 5.71. The summed E-state index contributed by atoms with van der Waals surface area (Å²) in [5, 5.41) is 0. The molecule has 0 amide bonds. The lowest BCUT2D eigenvalue weighted by Gasteiger charge is -2.18. The second kappa shape index (κ2) is 69.3. The molecule has 6 heteroatoms. The topological polar surface area (TPSA) is 78.9 Å². The van der Waals surface area contributed by atoms with E-state index in [9.17, 15) is 14.4 Å². The summed E-state index contributed by atoms with van der Waals surface area (Å²) in [5.41, 5.74) is 0. The Hall–Kier alpha value is -5.23. The molecule has 6 nitrogen and oxygen atoms in total. The number of carbonyl (C=O) groups is 3. The van der Waals surface area contributed by atoms with E-state index < -0.39 is 6.10 Å². The van der Waals surface area contributed by atoms with Gasteiger partial charge in [-0.3, -0.25) is 14.4 Å². The standard InChI is InChI=1S/C77H122O6/c1-4-7-10-13-16-19-22-25-28-31-34-36-37-38-39-41-43-46-49-52-55-58-61-64-67-70-76(79)82-73-74(72-81-75(78)69-66-63-60-57-54-51-48-45-42-33-30-27-24-21-18-15-12-9-6-3)83-77(80)71-68-65-62-59-56-53-50-47-44-40-35-32-29-26-23-20-17-14-11-8-5-2/h7-8,10-11,16-21,25-30,34-36,38-40,42,45,47,50,56,59,74H,4-6,9,12-15,22-24,31-33,37,41,43-44,46,48-49,51-55,57-58,60-73H2,1-3H3/b10-7-,11-8-,19-16-,20-17-,21-18-,28-25-,29-26-,30-27-,36-34-,39-38-,40-35-,45-42-,50-47-,59-56-. The Labute approximate surface area is 511 Å². The van der Waals surface area contributed by atoms with Crippen molar-refractivity contribution in [2.45, 2.75) is 284 Å². The van der Waals surface area contributed by atoms with Crippen LogP contribution in [0.3, 0.4) is 0 Å². The Bertz CT molecular complexity index is 1890. The molecule has 0 heterocycles. The van der Waals surface area contributed by atoms with Crippen LogP contribution < -0.4 is 0 Å². The zero-order valence-corrected chi connectivity index (χ0v) is 53.4. The molecule has 0 saturated heterocycles. The molecule has 0 spiro atoms. The van der Waals surface area contributed by atoms with Gasteiger partial charge in [-0.1, -0.05) is 274 Å². The average Bonchev–Trinajstić information content (AvgIpc) is 3.50. The molecule has 0 radical (unpaired) electrons. The van der Waals surface area contributed by atoms with Crippen molar-refractivity contribution >= 4 is 17.9 Å². The number of rotatable bonds is 59. The number of unbranched alkanes of at least 4 members (excludes halogenated alkanes) is 20. The highest BCUT2D eigenvalue weighted by atomic mass is 16.6. The molecule has 0 N–H and O–H groups in total. The zero-order valence-electron chi connectivity index (χ0n) is 53.4. The maximum atomic E-state index is 12.9. The summed E-state index contributed by atoms with van der Waals surface area (Å²) in [5.74, 6) is -0.974. The summed E-state index contributed by atoms with van der Waals surface area (Å²) in [6.07, 6.45) is 102. The molecule has 0 aliphatic rings. The van der Waals surface area contributed by atoms with Crippen molar-refractivity contribution in [1.29, 1.82) is 0 Å². The van der Waals surface area contributed by atoms with Crippen molar-refractivity contribution in [3.63, 3.8) is 0 Å². The first kappa shape index (κ1) is 77.8. The summed E-state index contributed by atoms with van der Waals surface area (Å²) in [6.45, 7) is 6.34. The van der Waals surface area contributed by atoms with E-state index >= 15 is 0 Å². The molecule has 0 bridgehead atoms. The zero-order chi connectivity index (χ0) is 59.9. The molecule has 0 aromatic heterocycles. The molecule has 0 aromatic carbocycles. The van der Waals surface area contributed by atoms with Crippen molar-refractivity contribution in [2.75, 3.05) is 13.2 Å². The Kier molecular flexibility index (Phi) is 64.9. The molecule has 0 aliphatic carbocycles. The molecule has 1 atom stereocenters. The summed E-state index contributed by atoms with van der Waals surface area (Å²) in [4.78, 5) is 38.4. The normalized spacial score (nSPS) is 13.2. The summed E-state index contributed by atoms with van der Waals surface area (Å²) in [7, 11) is 0. The van der Waals surface area contributed by atoms with Gasteiger partial charge in [0.05, 0.1) is 0 Å². The van der Waals surface area contributed by atoms with E-state index in [-0.39, 0.29) is 37.5 Å². The minimum Gasteiger partial charge on any atom is -0.462 e. The molecule has 0 fully saturated rings. The maximum absolute atomic E-state index is 12.9. The number of ether oxygens (including phenoxy) is 3. The third-order valence-electron chi connectivity index (χ3n) is 13.7. The lowest BCUT2D eigenvalue weighted by molar-refractivity contribution is -0.167. The number of esters is 3. The van der Waals surface area contributed by atoms with Crippen molar-refractivity contribution < 1.29 is 28.6 Å². The minimum atomic E-state index is -0.821. The van der Waals surface area contributed by atoms with Crippen molar-refractivity contribution in [1.82, 2.24) is 0 Å². The summed E-state index contributed by atoms with van der Waals surface area (Å²) in [6, 6.07) is 0. The van der Waals surface area contributed by atoms with Crippen molar-refractivity contribution in [3.8, 4) is 0 Å². The molecule has 83 heavy (non-hydrogen) atoms. The van der Waals surface area contributed by atoms with Gasteiger partial charge in [-0.2, -0.15) is 0 Å². The van der Waals surface area contributed by atoms with Gasteiger partial charge in [0.2, 0.25) is 0 Å². The number of hydrogen-bond acceptors (Lipinski definition) is 6. The minimum absolute atomic E-state index is 0.111. The molecule has 1 unspecified atom stereocenters.